The van der Waals surface area contributed by atoms with E-state index in [-0.39, 0.29) is 0 Å². The highest BCUT2D eigenvalue weighted by Crippen LogP contribution is 2.33. The molecule has 0 unspecified atom stereocenters. The van der Waals surface area contributed by atoms with Crippen molar-refractivity contribution >= 4 is 17.4 Å². The molecule has 0 aliphatic rings. The van der Waals surface area contributed by atoms with Crippen LogP contribution in [0.1, 0.15) is 11.1 Å². The fourth-order valence-electron chi connectivity index (χ4n) is 2.14. The van der Waals surface area contributed by atoms with Gasteiger partial charge < -0.3 is 14.8 Å². The summed E-state index contributed by atoms with van der Waals surface area (Å²) in [7, 11) is 3.25. The lowest BCUT2D eigenvalue weighted by molar-refractivity contribution is 0.352. The predicted octanol–water partition coefficient (Wildman–Crippen LogP) is 3.49. The van der Waals surface area contributed by atoms with Crippen LogP contribution in [0.15, 0.2) is 37.3 Å². The van der Waals surface area contributed by atoms with Crippen LogP contribution in [0.3, 0.4) is 0 Å². The number of ether oxygens (including phenoxy) is 2. The molecule has 1 aromatic carbocycles. The van der Waals surface area contributed by atoms with E-state index < -0.39 is 0 Å². The molecule has 5 nitrogen and oxygen atoms in total. The van der Waals surface area contributed by atoms with Gasteiger partial charge in [0.2, 0.25) is 0 Å². The zero-order chi connectivity index (χ0) is 15.9. The summed E-state index contributed by atoms with van der Waals surface area (Å²) in [5.74, 6) is 2.01. The normalized spacial score (nSPS) is 10.1. The quantitative estimate of drug-likeness (QED) is 0.792. The van der Waals surface area contributed by atoms with Gasteiger partial charge in [0, 0.05) is 12.1 Å². The number of halogens is 1. The fraction of sp³-hybridized carbons (Fsp3) is 0.250. The van der Waals surface area contributed by atoms with E-state index in [2.05, 4.69) is 21.9 Å². The first-order valence-electron chi connectivity index (χ1n) is 6.73. The first kappa shape index (κ1) is 16.1. The minimum atomic E-state index is 0.481. The van der Waals surface area contributed by atoms with Crippen LogP contribution in [0.2, 0.25) is 5.02 Å². The average molecular weight is 320 g/mol. The summed E-state index contributed by atoms with van der Waals surface area (Å²) in [4.78, 5) is 7.96. The molecule has 22 heavy (non-hydrogen) atoms. The maximum atomic E-state index is 6.03. The fourth-order valence-corrected chi connectivity index (χ4v) is 2.32. The Morgan fingerprint density at radius 2 is 2.14 bits per heavy atom. The van der Waals surface area contributed by atoms with Crippen molar-refractivity contribution in [3.05, 3.63) is 53.5 Å². The van der Waals surface area contributed by atoms with E-state index >= 15 is 0 Å². The van der Waals surface area contributed by atoms with Crippen LogP contribution in [0.5, 0.6) is 11.5 Å². The van der Waals surface area contributed by atoms with Gasteiger partial charge in [0.1, 0.15) is 17.2 Å². The average Bonchev–Trinajstić information content (AvgIpc) is 2.54. The molecule has 0 fully saturated rings. The first-order chi connectivity index (χ1) is 10.7. The maximum Gasteiger partial charge on any atom is 0.164 e. The molecule has 2 aromatic rings. The molecule has 1 N–H and O–H groups in total. The van der Waals surface area contributed by atoms with Crippen molar-refractivity contribution in [2.45, 2.75) is 13.0 Å². The number of hydrogen-bond acceptors (Lipinski definition) is 5. The highest BCUT2D eigenvalue weighted by molar-refractivity contribution is 6.32. The van der Waals surface area contributed by atoms with Gasteiger partial charge in [-0.25, -0.2) is 9.97 Å². The number of rotatable bonds is 7. The van der Waals surface area contributed by atoms with Crippen LogP contribution in [0.25, 0.3) is 0 Å². The summed E-state index contributed by atoms with van der Waals surface area (Å²) in [6, 6.07) is 3.97. The van der Waals surface area contributed by atoms with E-state index in [1.165, 1.54) is 6.33 Å². The third-order valence-electron chi connectivity index (χ3n) is 3.11. The highest BCUT2D eigenvalue weighted by atomic mass is 35.5. The molecule has 0 bridgehead atoms. The van der Waals surface area contributed by atoms with Gasteiger partial charge in [-0.05, 0) is 24.1 Å². The van der Waals surface area contributed by atoms with Gasteiger partial charge in [0.25, 0.3) is 0 Å². The van der Waals surface area contributed by atoms with Gasteiger partial charge in [0.05, 0.1) is 20.4 Å². The van der Waals surface area contributed by atoms with Crippen LogP contribution < -0.4 is 14.8 Å². The molecule has 0 radical (unpaired) electrons. The Bertz CT molecular complexity index is 662. The van der Waals surface area contributed by atoms with Gasteiger partial charge in [-0.15, -0.1) is 6.58 Å². The molecule has 0 saturated carbocycles. The largest absolute Gasteiger partial charge is 0.493 e. The van der Waals surface area contributed by atoms with Crippen molar-refractivity contribution in [3.63, 3.8) is 0 Å². The van der Waals surface area contributed by atoms with E-state index in [1.807, 2.05) is 18.2 Å². The van der Waals surface area contributed by atoms with E-state index in [1.54, 1.807) is 20.4 Å². The van der Waals surface area contributed by atoms with Crippen molar-refractivity contribution in [1.29, 1.82) is 0 Å². The zero-order valence-electron chi connectivity index (χ0n) is 12.6. The van der Waals surface area contributed by atoms with Crippen LogP contribution in [-0.2, 0) is 13.0 Å². The minimum absolute atomic E-state index is 0.481. The number of hydrogen-bond donors (Lipinski definition) is 1. The molecule has 0 atom stereocenters. The third-order valence-corrected chi connectivity index (χ3v) is 3.38. The topological polar surface area (TPSA) is 56.3 Å². The molecular weight excluding hydrogens is 302 g/mol. The zero-order valence-corrected chi connectivity index (χ0v) is 13.4. The Morgan fingerprint density at radius 3 is 2.77 bits per heavy atom. The molecule has 2 rings (SSSR count). The Hall–Kier alpha value is -2.27. The summed E-state index contributed by atoms with van der Waals surface area (Å²) < 4.78 is 10.8. The second-order valence-corrected chi connectivity index (χ2v) is 4.96. The standard InChI is InChI=1S/C16H18ClN3O2/c1-4-5-12-6-11(7-14(21-2)15(12)22-3)8-19-16-13(17)9-18-10-20-16/h4,6-7,9-10H,1,5,8H2,2-3H3,(H,18,19,20). The van der Waals surface area contributed by atoms with Gasteiger partial charge in [-0.3, -0.25) is 0 Å². The van der Waals surface area contributed by atoms with Crippen LogP contribution in [-0.4, -0.2) is 24.2 Å². The van der Waals surface area contributed by atoms with Crippen molar-refractivity contribution < 1.29 is 9.47 Å². The van der Waals surface area contributed by atoms with Crippen molar-refractivity contribution in [2.24, 2.45) is 0 Å². The van der Waals surface area contributed by atoms with Crippen molar-refractivity contribution in [3.8, 4) is 11.5 Å². The minimum Gasteiger partial charge on any atom is -0.493 e. The molecule has 0 amide bonds. The molecule has 116 valence electrons. The van der Waals surface area contributed by atoms with Gasteiger partial charge in [-0.2, -0.15) is 0 Å². The molecule has 0 spiro atoms. The monoisotopic (exact) mass is 319 g/mol. The highest BCUT2D eigenvalue weighted by Gasteiger charge is 2.12. The number of nitrogens with one attached hydrogen (secondary N) is 1. The lowest BCUT2D eigenvalue weighted by Gasteiger charge is -2.15. The SMILES string of the molecule is C=CCc1cc(CNc2ncncc2Cl)cc(OC)c1OC. The Balaban J connectivity index is 2.25. The molecule has 1 aromatic heterocycles. The number of nitrogens with zero attached hydrogens (tertiary/aromatic N) is 2. The van der Waals surface area contributed by atoms with Gasteiger partial charge in [0.15, 0.2) is 11.5 Å². The van der Waals surface area contributed by atoms with E-state index in [0.717, 1.165) is 16.9 Å². The van der Waals surface area contributed by atoms with Crippen LogP contribution in [0.4, 0.5) is 5.82 Å². The summed E-state index contributed by atoms with van der Waals surface area (Å²) in [5, 5.41) is 3.66. The second kappa shape index (κ2) is 7.66. The molecular formula is C16H18ClN3O2. The molecule has 0 aliphatic heterocycles. The predicted molar refractivity (Wildman–Crippen MR) is 87.8 cm³/mol. The van der Waals surface area contributed by atoms with Crippen molar-refractivity contribution in [2.75, 3.05) is 19.5 Å². The second-order valence-electron chi connectivity index (χ2n) is 4.56. The first-order valence-corrected chi connectivity index (χ1v) is 7.11. The Morgan fingerprint density at radius 1 is 1.32 bits per heavy atom. The van der Waals surface area contributed by atoms with Gasteiger partial charge >= 0.3 is 0 Å². The summed E-state index contributed by atoms with van der Waals surface area (Å²) in [6.45, 7) is 4.33. The number of allylic oxidation sites excluding steroid dienone is 1. The van der Waals surface area contributed by atoms with Crippen molar-refractivity contribution in [1.82, 2.24) is 9.97 Å². The number of anilines is 1. The Kier molecular flexibility index (Phi) is 5.61. The summed E-state index contributed by atoms with van der Waals surface area (Å²) in [6.07, 6.45) is 5.53. The molecule has 6 heteroatoms. The maximum absolute atomic E-state index is 6.03. The van der Waals surface area contributed by atoms with E-state index in [4.69, 9.17) is 21.1 Å². The van der Waals surface area contributed by atoms with E-state index in [0.29, 0.717) is 29.6 Å². The Labute approximate surface area is 135 Å². The smallest absolute Gasteiger partial charge is 0.164 e. The summed E-state index contributed by atoms with van der Waals surface area (Å²) in [5.41, 5.74) is 2.05. The molecule has 1 heterocycles. The number of aromatic nitrogens is 2. The third kappa shape index (κ3) is 3.68. The lowest BCUT2D eigenvalue weighted by atomic mass is 10.1. The van der Waals surface area contributed by atoms with Crippen LogP contribution >= 0.6 is 11.6 Å². The lowest BCUT2D eigenvalue weighted by Crippen LogP contribution is -2.04. The van der Waals surface area contributed by atoms with Gasteiger partial charge in [-0.1, -0.05) is 17.7 Å². The summed E-state index contributed by atoms with van der Waals surface area (Å²) >= 11 is 6.03. The van der Waals surface area contributed by atoms with E-state index in [9.17, 15) is 0 Å². The number of methoxy groups -OCH3 is 2. The number of benzene rings is 1. The molecule has 0 aliphatic carbocycles. The molecule has 0 saturated heterocycles. The van der Waals surface area contributed by atoms with Crippen LogP contribution in [0, 0.1) is 0 Å².